The van der Waals surface area contributed by atoms with Gasteiger partial charge in [-0.1, -0.05) is 0 Å². The van der Waals surface area contributed by atoms with Gasteiger partial charge in [-0.3, -0.25) is 0 Å². The van der Waals surface area contributed by atoms with Gasteiger partial charge in [0.15, 0.2) is 0 Å². The van der Waals surface area contributed by atoms with Gasteiger partial charge in [0, 0.05) is 24.1 Å². The molecule has 94 valence electrons. The maximum absolute atomic E-state index is 5.21. The lowest BCUT2D eigenvalue weighted by Crippen LogP contribution is -2.02. The van der Waals surface area contributed by atoms with Crippen LogP contribution in [0, 0.1) is 6.92 Å². The van der Waals surface area contributed by atoms with E-state index in [1.807, 2.05) is 30.6 Å². The van der Waals surface area contributed by atoms with Gasteiger partial charge in [0.1, 0.15) is 5.75 Å². The molecule has 2 aromatic rings. The molecule has 18 heavy (non-hydrogen) atoms. The summed E-state index contributed by atoms with van der Waals surface area (Å²) in [6.07, 6.45) is 6.40. The lowest BCUT2D eigenvalue weighted by molar-refractivity contribution is 0.414. The fourth-order valence-corrected chi connectivity index (χ4v) is 2.08. The van der Waals surface area contributed by atoms with Gasteiger partial charge in [-0.25, -0.2) is 4.98 Å². The van der Waals surface area contributed by atoms with Crippen molar-refractivity contribution in [2.24, 2.45) is 0 Å². The number of aromatic nitrogens is 2. The summed E-state index contributed by atoms with van der Waals surface area (Å²) in [4.78, 5) is 4.38. The Morgan fingerprint density at radius 3 is 2.89 bits per heavy atom. The number of hydrogen-bond donors (Lipinski definition) is 1. The van der Waals surface area contributed by atoms with Crippen LogP contribution >= 0.6 is 0 Å². The summed E-state index contributed by atoms with van der Waals surface area (Å²) >= 11 is 0. The van der Waals surface area contributed by atoms with E-state index in [1.165, 1.54) is 12.8 Å². The molecular formula is C14H17N3O. The van der Waals surface area contributed by atoms with Crippen molar-refractivity contribution in [3.05, 3.63) is 36.2 Å². The van der Waals surface area contributed by atoms with E-state index < -0.39 is 0 Å². The number of hydrogen-bond acceptors (Lipinski definition) is 3. The number of nitrogens with zero attached hydrogens (tertiary/aromatic N) is 2. The molecule has 0 aliphatic heterocycles. The summed E-state index contributed by atoms with van der Waals surface area (Å²) in [5.74, 6) is 1.80. The fraction of sp³-hybridized carbons (Fsp3) is 0.357. The number of ether oxygens (including phenoxy) is 1. The van der Waals surface area contributed by atoms with Gasteiger partial charge in [-0.05, 0) is 43.5 Å². The first-order valence-electron chi connectivity index (χ1n) is 6.22. The Kier molecular flexibility index (Phi) is 2.70. The van der Waals surface area contributed by atoms with Crippen LogP contribution in [0.3, 0.4) is 0 Å². The van der Waals surface area contributed by atoms with Crippen LogP contribution < -0.4 is 10.1 Å². The smallest absolute Gasteiger partial charge is 0.207 e. The van der Waals surface area contributed by atoms with Crippen molar-refractivity contribution in [2.75, 3.05) is 12.4 Å². The molecule has 1 saturated carbocycles. The van der Waals surface area contributed by atoms with E-state index in [1.54, 1.807) is 7.11 Å². The molecule has 1 aliphatic rings. The first-order chi connectivity index (χ1) is 8.78. The Morgan fingerprint density at radius 1 is 1.39 bits per heavy atom. The summed E-state index contributed by atoms with van der Waals surface area (Å²) in [6, 6.07) is 6.64. The Morgan fingerprint density at radius 2 is 2.22 bits per heavy atom. The van der Waals surface area contributed by atoms with Crippen LogP contribution in [0.2, 0.25) is 0 Å². The maximum Gasteiger partial charge on any atom is 0.207 e. The molecule has 1 heterocycles. The lowest BCUT2D eigenvalue weighted by Gasteiger charge is -2.12. The molecule has 4 heteroatoms. The highest BCUT2D eigenvalue weighted by molar-refractivity contribution is 5.60. The van der Waals surface area contributed by atoms with Crippen molar-refractivity contribution in [3.8, 4) is 5.75 Å². The third-order valence-corrected chi connectivity index (χ3v) is 3.29. The van der Waals surface area contributed by atoms with Gasteiger partial charge < -0.3 is 14.6 Å². The van der Waals surface area contributed by atoms with E-state index in [-0.39, 0.29) is 0 Å². The molecule has 1 aliphatic carbocycles. The number of benzene rings is 1. The van der Waals surface area contributed by atoms with Crippen LogP contribution in [-0.2, 0) is 0 Å². The number of anilines is 2. The van der Waals surface area contributed by atoms with Gasteiger partial charge in [0.05, 0.1) is 7.11 Å². The molecule has 1 aromatic heterocycles. The summed E-state index contributed by atoms with van der Waals surface area (Å²) < 4.78 is 7.42. The van der Waals surface area contributed by atoms with Gasteiger partial charge in [-0.2, -0.15) is 0 Å². The summed E-state index contributed by atoms with van der Waals surface area (Å²) in [7, 11) is 1.68. The summed E-state index contributed by atoms with van der Waals surface area (Å²) in [5, 5.41) is 3.39. The van der Waals surface area contributed by atoms with Gasteiger partial charge in [0.2, 0.25) is 5.95 Å². The van der Waals surface area contributed by atoms with Crippen molar-refractivity contribution in [1.82, 2.24) is 9.55 Å². The second kappa shape index (κ2) is 4.37. The molecular weight excluding hydrogens is 226 g/mol. The van der Waals surface area contributed by atoms with E-state index in [4.69, 9.17) is 4.74 Å². The lowest BCUT2D eigenvalue weighted by atomic mass is 10.2. The third kappa shape index (κ3) is 2.06. The normalized spacial score (nSPS) is 14.6. The molecule has 1 fully saturated rings. The average Bonchev–Trinajstić information content (AvgIpc) is 3.12. The topological polar surface area (TPSA) is 39.1 Å². The van der Waals surface area contributed by atoms with E-state index in [9.17, 15) is 0 Å². The van der Waals surface area contributed by atoms with Crippen LogP contribution in [0.5, 0.6) is 5.75 Å². The second-order valence-corrected chi connectivity index (χ2v) is 4.70. The van der Waals surface area contributed by atoms with Crippen LogP contribution in [0.4, 0.5) is 11.6 Å². The fourth-order valence-electron chi connectivity index (χ4n) is 2.08. The Labute approximate surface area is 107 Å². The van der Waals surface area contributed by atoms with E-state index in [0.717, 1.165) is 22.9 Å². The molecule has 0 bridgehead atoms. The third-order valence-electron chi connectivity index (χ3n) is 3.29. The van der Waals surface area contributed by atoms with Gasteiger partial charge >= 0.3 is 0 Å². The van der Waals surface area contributed by atoms with Crippen LogP contribution in [0.15, 0.2) is 30.6 Å². The molecule has 0 radical (unpaired) electrons. The maximum atomic E-state index is 5.21. The quantitative estimate of drug-likeness (QED) is 0.895. The highest BCUT2D eigenvalue weighted by atomic mass is 16.5. The first kappa shape index (κ1) is 11.1. The molecule has 0 spiro atoms. The molecule has 3 rings (SSSR count). The molecule has 0 saturated heterocycles. The summed E-state index contributed by atoms with van der Waals surface area (Å²) in [6.45, 7) is 2.06. The van der Waals surface area contributed by atoms with Crippen molar-refractivity contribution in [2.45, 2.75) is 25.8 Å². The SMILES string of the molecule is COc1ccc(Nc2nccn2C2CC2)c(C)c1. The van der Waals surface area contributed by atoms with Gasteiger partial charge in [0.25, 0.3) is 0 Å². The molecule has 0 unspecified atom stereocenters. The zero-order chi connectivity index (χ0) is 12.5. The zero-order valence-electron chi connectivity index (χ0n) is 10.7. The predicted molar refractivity (Wildman–Crippen MR) is 71.5 cm³/mol. The van der Waals surface area contributed by atoms with E-state index >= 15 is 0 Å². The Hall–Kier alpha value is -1.97. The minimum absolute atomic E-state index is 0.633. The van der Waals surface area contributed by atoms with Crippen molar-refractivity contribution in [3.63, 3.8) is 0 Å². The summed E-state index contributed by atoms with van der Waals surface area (Å²) in [5.41, 5.74) is 2.23. The average molecular weight is 243 g/mol. The van der Waals surface area contributed by atoms with Crippen molar-refractivity contribution in [1.29, 1.82) is 0 Å². The minimum atomic E-state index is 0.633. The number of imidazole rings is 1. The van der Waals surface area contributed by atoms with E-state index in [2.05, 4.69) is 21.8 Å². The highest BCUT2D eigenvalue weighted by Gasteiger charge is 2.25. The van der Waals surface area contributed by atoms with Crippen molar-refractivity contribution >= 4 is 11.6 Å². The molecule has 4 nitrogen and oxygen atoms in total. The largest absolute Gasteiger partial charge is 0.497 e. The standard InChI is InChI=1S/C14H17N3O/c1-10-9-12(18-2)5-6-13(10)16-14-15-7-8-17(14)11-3-4-11/h5-9,11H,3-4H2,1-2H3,(H,15,16). The highest BCUT2D eigenvalue weighted by Crippen LogP contribution is 2.37. The van der Waals surface area contributed by atoms with Gasteiger partial charge in [-0.15, -0.1) is 0 Å². The van der Waals surface area contributed by atoms with Crippen LogP contribution in [0.25, 0.3) is 0 Å². The number of methoxy groups -OCH3 is 1. The number of nitrogens with one attached hydrogen (secondary N) is 1. The van der Waals surface area contributed by atoms with E-state index in [0.29, 0.717) is 6.04 Å². The Bertz CT molecular complexity index is 558. The zero-order valence-corrected chi connectivity index (χ0v) is 10.7. The number of aryl methyl sites for hydroxylation is 1. The second-order valence-electron chi connectivity index (χ2n) is 4.70. The van der Waals surface area contributed by atoms with Crippen LogP contribution in [0.1, 0.15) is 24.4 Å². The monoisotopic (exact) mass is 243 g/mol. The minimum Gasteiger partial charge on any atom is -0.497 e. The Balaban J connectivity index is 1.85. The van der Waals surface area contributed by atoms with Crippen LogP contribution in [-0.4, -0.2) is 16.7 Å². The molecule has 1 N–H and O–H groups in total. The van der Waals surface area contributed by atoms with Crippen molar-refractivity contribution < 1.29 is 4.74 Å². The molecule has 0 atom stereocenters. The molecule has 1 aromatic carbocycles. The predicted octanol–water partition coefficient (Wildman–Crippen LogP) is 3.28. The number of rotatable bonds is 4. The first-order valence-corrected chi connectivity index (χ1v) is 6.22. The molecule has 0 amide bonds.